The molecule has 5 rings (SSSR count). The number of methoxy groups -OCH3 is 1. The Morgan fingerprint density at radius 2 is 1.70 bits per heavy atom. The van der Waals surface area contributed by atoms with E-state index in [9.17, 15) is 0 Å². The van der Waals surface area contributed by atoms with Crippen molar-refractivity contribution in [3.05, 3.63) is 94.3 Å². The van der Waals surface area contributed by atoms with Crippen molar-refractivity contribution >= 4 is 16.8 Å². The van der Waals surface area contributed by atoms with E-state index >= 15 is 0 Å². The summed E-state index contributed by atoms with van der Waals surface area (Å²) in [6.45, 7) is 13.1. The zero-order valence-electron chi connectivity index (χ0n) is 21.9. The summed E-state index contributed by atoms with van der Waals surface area (Å²) in [5.41, 5.74) is 7.37. The van der Waals surface area contributed by atoms with E-state index in [0.29, 0.717) is 12.6 Å². The molecule has 0 amide bonds. The minimum absolute atomic E-state index is 0.510. The Morgan fingerprint density at radius 1 is 0.946 bits per heavy atom. The van der Waals surface area contributed by atoms with Gasteiger partial charge < -0.3 is 14.4 Å². The van der Waals surface area contributed by atoms with Crippen molar-refractivity contribution < 1.29 is 9.47 Å². The van der Waals surface area contributed by atoms with Crippen molar-refractivity contribution in [2.45, 2.75) is 25.8 Å². The van der Waals surface area contributed by atoms with Gasteiger partial charge in [0.25, 0.3) is 13.1 Å². The van der Waals surface area contributed by atoms with Crippen molar-refractivity contribution in [2.24, 2.45) is 0 Å². The van der Waals surface area contributed by atoms with E-state index in [1.807, 2.05) is 12.1 Å². The van der Waals surface area contributed by atoms with Crippen molar-refractivity contribution in [3.63, 3.8) is 0 Å². The van der Waals surface area contributed by atoms with Crippen LogP contribution in [0.25, 0.3) is 16.0 Å². The van der Waals surface area contributed by atoms with Crippen LogP contribution >= 0.6 is 0 Å². The number of anilines is 1. The highest BCUT2D eigenvalue weighted by molar-refractivity contribution is 6.00. The Morgan fingerprint density at radius 3 is 2.41 bits per heavy atom. The number of fused-ring (bicyclic) bond motifs is 1. The summed E-state index contributed by atoms with van der Waals surface area (Å²) in [7, 11) is 1.69. The number of hydrogen-bond acceptors (Lipinski definition) is 4. The van der Waals surface area contributed by atoms with Gasteiger partial charge in [-0.05, 0) is 53.5 Å². The molecule has 5 nitrogen and oxygen atoms in total. The molecule has 3 aromatic rings. The molecule has 5 heteroatoms. The fraction of sp³-hybridized carbons (Fsp3) is 0.344. The topological polar surface area (TPSA) is 29.3 Å². The van der Waals surface area contributed by atoms with Crippen LogP contribution in [0.2, 0.25) is 0 Å². The van der Waals surface area contributed by atoms with Gasteiger partial charge in [-0.25, -0.2) is 0 Å². The monoisotopic (exact) mass is 494 g/mol. The first-order valence-electron chi connectivity index (χ1n) is 13.2. The summed E-state index contributed by atoms with van der Waals surface area (Å²) in [5.74, 6) is 1.68. The normalized spacial score (nSPS) is 16.8. The van der Waals surface area contributed by atoms with Crippen LogP contribution in [0.15, 0.2) is 72.8 Å². The lowest BCUT2D eigenvalue weighted by atomic mass is 9.88. The molecular formula is C32H36N3O2+. The van der Waals surface area contributed by atoms with Crippen LogP contribution in [0.5, 0.6) is 11.5 Å². The molecular weight excluding hydrogens is 458 g/mol. The van der Waals surface area contributed by atoms with Gasteiger partial charge in [0.2, 0.25) is 0 Å². The van der Waals surface area contributed by atoms with E-state index in [1.165, 1.54) is 28.0 Å². The number of piperazine rings is 1. The van der Waals surface area contributed by atoms with Crippen molar-refractivity contribution in [2.75, 3.05) is 51.3 Å². The van der Waals surface area contributed by atoms with Gasteiger partial charge in [0.1, 0.15) is 11.5 Å². The third kappa shape index (κ3) is 5.50. The van der Waals surface area contributed by atoms with E-state index < -0.39 is 0 Å². The summed E-state index contributed by atoms with van der Waals surface area (Å²) in [6.07, 6.45) is 1.86. The zero-order valence-corrected chi connectivity index (χ0v) is 21.9. The van der Waals surface area contributed by atoms with Crippen molar-refractivity contribution in [1.82, 2.24) is 4.90 Å². The fourth-order valence-electron chi connectivity index (χ4n) is 5.47. The smallest absolute Gasteiger partial charge is 0.264 e. The van der Waals surface area contributed by atoms with Gasteiger partial charge in [-0.1, -0.05) is 47.3 Å². The first-order chi connectivity index (χ1) is 18.2. The number of hydrogen-bond donors (Lipinski definition) is 0. The standard InChI is InChI=1S/C32H36N3O2/c1-24(15-17-33-2)34-18-20-35(21-19-34)27-11-9-26(10-12-27)32-29(25-7-5-4-6-8-25)16-22-37-31-23-28(36-3)13-14-30(31)32/h2,4-14,23-24H,15-22H2,1,3H3/q+1. The molecule has 0 radical (unpaired) electrons. The van der Waals surface area contributed by atoms with Gasteiger partial charge in [0.05, 0.1) is 13.7 Å². The maximum absolute atomic E-state index is 6.22. The lowest BCUT2D eigenvalue weighted by Crippen LogP contribution is -2.49. The van der Waals surface area contributed by atoms with Gasteiger partial charge in [0.15, 0.2) is 0 Å². The molecule has 37 heavy (non-hydrogen) atoms. The van der Waals surface area contributed by atoms with Gasteiger partial charge >= 0.3 is 0 Å². The molecule has 0 aliphatic carbocycles. The van der Waals surface area contributed by atoms with Gasteiger partial charge in [-0.3, -0.25) is 4.90 Å². The van der Waals surface area contributed by atoms with E-state index in [4.69, 9.17) is 16.0 Å². The van der Waals surface area contributed by atoms with Crippen molar-refractivity contribution in [1.29, 1.82) is 0 Å². The molecule has 2 aliphatic rings. The molecule has 2 heterocycles. The Labute approximate surface area is 220 Å². The third-order valence-corrected chi connectivity index (χ3v) is 7.63. The Balaban J connectivity index is 1.44. The molecule has 0 bridgehead atoms. The second-order valence-electron chi connectivity index (χ2n) is 9.79. The average molecular weight is 495 g/mol. The third-order valence-electron chi connectivity index (χ3n) is 7.63. The summed E-state index contributed by atoms with van der Waals surface area (Å²) in [6, 6.07) is 26.4. The summed E-state index contributed by atoms with van der Waals surface area (Å²) in [5, 5.41) is 0. The fourth-order valence-corrected chi connectivity index (χ4v) is 5.47. The molecule has 0 spiro atoms. The van der Waals surface area contributed by atoms with Crippen LogP contribution in [-0.4, -0.2) is 57.4 Å². The van der Waals surface area contributed by atoms with E-state index in [-0.39, 0.29) is 0 Å². The molecule has 1 unspecified atom stereocenters. The highest BCUT2D eigenvalue weighted by Crippen LogP contribution is 2.42. The molecule has 2 aliphatic heterocycles. The lowest BCUT2D eigenvalue weighted by Gasteiger charge is -2.38. The van der Waals surface area contributed by atoms with E-state index in [0.717, 1.165) is 62.6 Å². The second kappa shape index (κ2) is 11.5. The van der Waals surface area contributed by atoms with Gasteiger partial charge in [-0.2, -0.15) is 0 Å². The minimum Gasteiger partial charge on any atom is -0.497 e. The lowest BCUT2D eigenvalue weighted by molar-refractivity contribution is 0.192. The number of ether oxygens (including phenoxy) is 2. The Bertz CT molecular complexity index is 1270. The quantitative estimate of drug-likeness (QED) is 0.386. The van der Waals surface area contributed by atoms with Crippen LogP contribution in [0.1, 0.15) is 36.5 Å². The van der Waals surface area contributed by atoms with Crippen LogP contribution in [0, 0.1) is 6.57 Å². The Hall–Kier alpha value is -3.75. The van der Waals surface area contributed by atoms with Gasteiger partial charge in [0, 0.05) is 62.4 Å². The highest BCUT2D eigenvalue weighted by Gasteiger charge is 2.24. The molecule has 0 aromatic heterocycles. The van der Waals surface area contributed by atoms with Gasteiger partial charge in [-0.15, -0.1) is 0 Å². The molecule has 190 valence electrons. The molecule has 1 atom stereocenters. The molecule has 0 saturated carbocycles. The van der Waals surface area contributed by atoms with E-state index in [2.05, 4.69) is 82.2 Å². The zero-order chi connectivity index (χ0) is 25.6. The maximum atomic E-state index is 6.22. The van der Waals surface area contributed by atoms with Crippen LogP contribution < -0.4 is 14.4 Å². The van der Waals surface area contributed by atoms with Crippen LogP contribution in [0.4, 0.5) is 5.69 Å². The van der Waals surface area contributed by atoms with Crippen LogP contribution in [0.3, 0.4) is 0 Å². The largest absolute Gasteiger partial charge is 0.497 e. The highest BCUT2D eigenvalue weighted by atomic mass is 16.5. The molecule has 0 N–H and O–H groups in total. The predicted molar refractivity (Wildman–Crippen MR) is 153 cm³/mol. The maximum Gasteiger partial charge on any atom is 0.264 e. The predicted octanol–water partition coefficient (Wildman–Crippen LogP) is 6.30. The number of rotatable bonds is 7. The van der Waals surface area contributed by atoms with Crippen molar-refractivity contribution in [3.8, 4) is 18.1 Å². The second-order valence-corrected chi connectivity index (χ2v) is 9.79. The first kappa shape index (κ1) is 24.9. The summed E-state index contributed by atoms with van der Waals surface area (Å²) < 4.78 is 11.7. The van der Waals surface area contributed by atoms with Crippen LogP contribution in [-0.2, 0) is 0 Å². The number of nitrogens with zero attached hydrogens (tertiary/aromatic N) is 3. The first-order valence-corrected chi connectivity index (χ1v) is 13.2. The molecule has 1 saturated heterocycles. The average Bonchev–Trinajstić information content (AvgIpc) is 3.15. The minimum atomic E-state index is 0.510. The number of benzene rings is 3. The SMILES string of the molecule is C#[N+]CCC(C)N1CCN(c2ccc(C3=C(c4ccccc4)CCOc4cc(OC)ccc43)cc2)CC1. The molecule has 3 aromatic carbocycles. The van der Waals surface area contributed by atoms with E-state index in [1.54, 1.807) is 7.11 Å². The summed E-state index contributed by atoms with van der Waals surface area (Å²) >= 11 is 0. The Kier molecular flexibility index (Phi) is 7.77. The molecule has 1 fully saturated rings. The summed E-state index contributed by atoms with van der Waals surface area (Å²) in [4.78, 5) is 8.81.